The summed E-state index contributed by atoms with van der Waals surface area (Å²) in [6.45, 7) is 0.688. The number of nitrogens with zero attached hydrogens (tertiary/aromatic N) is 1. The van der Waals surface area contributed by atoms with Crippen LogP contribution in [0.2, 0.25) is 0 Å². The van der Waals surface area contributed by atoms with E-state index in [0.717, 1.165) is 5.69 Å². The molecule has 19 heavy (non-hydrogen) atoms. The van der Waals surface area contributed by atoms with Crippen molar-refractivity contribution >= 4 is 11.6 Å². The van der Waals surface area contributed by atoms with Crippen LogP contribution in [0.1, 0.15) is 15.9 Å². The van der Waals surface area contributed by atoms with Gasteiger partial charge in [0.15, 0.2) is 0 Å². The second-order valence-corrected chi connectivity index (χ2v) is 4.25. The minimum atomic E-state index is -0.427. The lowest BCUT2D eigenvalue weighted by atomic mass is 10.1. The number of benzene rings is 2. The molecule has 2 rings (SSSR count). The largest absolute Gasteiger partial charge is 0.381 e. The lowest BCUT2D eigenvalue weighted by molar-refractivity contribution is -0.0374. The fraction of sp³-hybridized carbons (Fsp3) is 0.133. The van der Waals surface area contributed by atoms with Crippen molar-refractivity contribution in [2.24, 2.45) is 0 Å². The van der Waals surface area contributed by atoms with Gasteiger partial charge in [0.05, 0.1) is 0 Å². The predicted octanol–water partition coefficient (Wildman–Crippen LogP) is 2.76. The maximum absolute atomic E-state index is 11.6. The third-order valence-electron chi connectivity index (χ3n) is 2.74. The molecular formula is C15H16N2O2. The molecule has 0 unspecified atom stereocenters. The van der Waals surface area contributed by atoms with E-state index in [1.54, 1.807) is 18.2 Å². The van der Waals surface area contributed by atoms with Gasteiger partial charge in [-0.25, -0.2) is 5.06 Å². The van der Waals surface area contributed by atoms with E-state index < -0.39 is 5.91 Å². The summed E-state index contributed by atoms with van der Waals surface area (Å²) in [5.74, 6) is -0.427. The first-order valence-electron chi connectivity index (χ1n) is 6.01. The average Bonchev–Trinajstić information content (AvgIpc) is 2.45. The molecule has 98 valence electrons. The van der Waals surface area contributed by atoms with Gasteiger partial charge in [-0.05, 0) is 23.8 Å². The van der Waals surface area contributed by atoms with E-state index in [9.17, 15) is 4.79 Å². The molecular weight excluding hydrogens is 240 g/mol. The molecule has 2 aromatic rings. The first kappa shape index (κ1) is 13.1. The minimum absolute atomic E-state index is 0.427. The molecule has 0 heterocycles. The Bertz CT molecular complexity index is 553. The molecule has 0 aliphatic rings. The summed E-state index contributed by atoms with van der Waals surface area (Å²) in [5.41, 5.74) is 2.46. The van der Waals surface area contributed by atoms with Crippen molar-refractivity contribution in [2.75, 3.05) is 12.4 Å². The third kappa shape index (κ3) is 3.56. The monoisotopic (exact) mass is 256 g/mol. The molecule has 0 atom stereocenters. The van der Waals surface area contributed by atoms with Gasteiger partial charge in [0.1, 0.15) is 0 Å². The zero-order valence-electron chi connectivity index (χ0n) is 10.7. The first-order chi connectivity index (χ1) is 9.16. The number of amides is 1. The Balaban J connectivity index is 2.05. The summed E-state index contributed by atoms with van der Waals surface area (Å²) in [4.78, 5) is 11.6. The number of hydrogen-bond acceptors (Lipinski definition) is 3. The Morgan fingerprint density at radius 2 is 1.89 bits per heavy atom. The van der Waals surface area contributed by atoms with Crippen LogP contribution in [0, 0.1) is 0 Å². The Morgan fingerprint density at radius 1 is 1.16 bits per heavy atom. The smallest absolute Gasteiger partial charge is 0.277 e. The van der Waals surface area contributed by atoms with E-state index >= 15 is 0 Å². The van der Waals surface area contributed by atoms with Crippen molar-refractivity contribution < 1.29 is 10.0 Å². The molecule has 1 amide bonds. The van der Waals surface area contributed by atoms with E-state index in [1.807, 2.05) is 36.4 Å². The van der Waals surface area contributed by atoms with Crippen molar-refractivity contribution in [1.29, 1.82) is 0 Å². The van der Waals surface area contributed by atoms with Crippen LogP contribution < -0.4 is 5.32 Å². The fourth-order valence-electron chi connectivity index (χ4n) is 1.75. The summed E-state index contributed by atoms with van der Waals surface area (Å²) in [6, 6.07) is 17.1. The number of anilines is 1. The summed E-state index contributed by atoms with van der Waals surface area (Å²) in [7, 11) is 1.31. The highest BCUT2D eigenvalue weighted by Gasteiger charge is 2.09. The highest BCUT2D eigenvalue weighted by molar-refractivity contribution is 5.94. The van der Waals surface area contributed by atoms with Crippen LogP contribution in [0.5, 0.6) is 0 Å². The normalized spacial score (nSPS) is 10.0. The van der Waals surface area contributed by atoms with Crippen molar-refractivity contribution in [3.05, 3.63) is 65.7 Å². The zero-order chi connectivity index (χ0) is 13.7. The van der Waals surface area contributed by atoms with Gasteiger partial charge in [-0.15, -0.1) is 0 Å². The van der Waals surface area contributed by atoms with Gasteiger partial charge in [0.25, 0.3) is 5.91 Å². The number of hydroxylamine groups is 2. The van der Waals surface area contributed by atoms with Gasteiger partial charge < -0.3 is 5.32 Å². The van der Waals surface area contributed by atoms with Crippen molar-refractivity contribution in [1.82, 2.24) is 5.06 Å². The quantitative estimate of drug-likeness (QED) is 0.653. The number of nitrogens with one attached hydrogen (secondary N) is 1. The number of hydrogen-bond donors (Lipinski definition) is 2. The van der Waals surface area contributed by atoms with Crippen LogP contribution >= 0.6 is 0 Å². The molecule has 0 radical (unpaired) electrons. The topological polar surface area (TPSA) is 52.6 Å². The fourth-order valence-corrected chi connectivity index (χ4v) is 1.75. The molecule has 0 saturated heterocycles. The second-order valence-electron chi connectivity index (χ2n) is 4.25. The van der Waals surface area contributed by atoms with Gasteiger partial charge in [-0.1, -0.05) is 36.4 Å². The van der Waals surface area contributed by atoms with Crippen LogP contribution in [0.25, 0.3) is 0 Å². The molecule has 2 N–H and O–H groups in total. The first-order valence-corrected chi connectivity index (χ1v) is 6.01. The van der Waals surface area contributed by atoms with E-state index in [1.165, 1.54) is 12.6 Å². The summed E-state index contributed by atoms with van der Waals surface area (Å²) in [5, 5.41) is 13.0. The molecule has 4 nitrogen and oxygen atoms in total. The van der Waals surface area contributed by atoms with Crippen LogP contribution in [0.15, 0.2) is 54.6 Å². The molecule has 0 aliphatic carbocycles. The molecule has 0 aromatic heterocycles. The SMILES string of the molecule is CN(O)C(=O)c1cccc(NCc2ccccc2)c1. The lowest BCUT2D eigenvalue weighted by Crippen LogP contribution is -2.22. The number of rotatable bonds is 4. The molecule has 0 saturated carbocycles. The van der Waals surface area contributed by atoms with Crippen LogP contribution in [-0.2, 0) is 6.54 Å². The molecule has 0 spiro atoms. The summed E-state index contributed by atoms with van der Waals surface area (Å²) in [6.07, 6.45) is 0. The van der Waals surface area contributed by atoms with Gasteiger partial charge in [-0.3, -0.25) is 10.0 Å². The highest BCUT2D eigenvalue weighted by atomic mass is 16.5. The summed E-state index contributed by atoms with van der Waals surface area (Å²) >= 11 is 0. The van der Waals surface area contributed by atoms with E-state index in [0.29, 0.717) is 17.2 Å². The second kappa shape index (κ2) is 6.02. The average molecular weight is 256 g/mol. The Kier molecular flexibility index (Phi) is 4.15. The third-order valence-corrected chi connectivity index (χ3v) is 2.74. The zero-order valence-corrected chi connectivity index (χ0v) is 10.7. The van der Waals surface area contributed by atoms with Crippen molar-refractivity contribution in [3.8, 4) is 0 Å². The minimum Gasteiger partial charge on any atom is -0.381 e. The molecule has 0 bridgehead atoms. The summed E-state index contributed by atoms with van der Waals surface area (Å²) < 4.78 is 0. The maximum Gasteiger partial charge on any atom is 0.277 e. The van der Waals surface area contributed by atoms with Crippen LogP contribution in [-0.4, -0.2) is 23.2 Å². The van der Waals surface area contributed by atoms with Gasteiger partial charge >= 0.3 is 0 Å². The number of carbonyl (C=O) groups is 1. The van der Waals surface area contributed by atoms with Crippen LogP contribution in [0.4, 0.5) is 5.69 Å². The molecule has 0 fully saturated rings. The van der Waals surface area contributed by atoms with Crippen molar-refractivity contribution in [2.45, 2.75) is 6.54 Å². The van der Waals surface area contributed by atoms with Gasteiger partial charge in [0, 0.05) is 24.8 Å². The van der Waals surface area contributed by atoms with E-state index in [2.05, 4.69) is 5.32 Å². The predicted molar refractivity (Wildman–Crippen MR) is 74.1 cm³/mol. The van der Waals surface area contributed by atoms with Crippen LogP contribution in [0.3, 0.4) is 0 Å². The standard InChI is InChI=1S/C15H16N2O2/c1-17(19)15(18)13-8-5-9-14(10-13)16-11-12-6-3-2-4-7-12/h2-10,16,19H,11H2,1H3. The van der Waals surface area contributed by atoms with Gasteiger partial charge in [0.2, 0.25) is 0 Å². The van der Waals surface area contributed by atoms with E-state index in [4.69, 9.17) is 5.21 Å². The van der Waals surface area contributed by atoms with Crippen molar-refractivity contribution in [3.63, 3.8) is 0 Å². The Labute approximate surface area is 112 Å². The van der Waals surface area contributed by atoms with E-state index in [-0.39, 0.29) is 0 Å². The Morgan fingerprint density at radius 3 is 2.58 bits per heavy atom. The Hall–Kier alpha value is -2.33. The number of carbonyl (C=O) groups excluding carboxylic acids is 1. The highest BCUT2D eigenvalue weighted by Crippen LogP contribution is 2.13. The molecule has 2 aromatic carbocycles. The molecule has 4 heteroatoms. The maximum atomic E-state index is 11.6. The lowest BCUT2D eigenvalue weighted by Gasteiger charge is -2.11. The molecule has 0 aliphatic heterocycles. The van der Waals surface area contributed by atoms with Gasteiger partial charge in [-0.2, -0.15) is 0 Å².